The number of nitrogens with one attached hydrogen (secondary N) is 1. The van der Waals surface area contributed by atoms with Gasteiger partial charge in [0.15, 0.2) is 0 Å². The normalized spacial score (nSPS) is 10.3. The molecule has 0 aliphatic carbocycles. The predicted molar refractivity (Wildman–Crippen MR) is 85.1 cm³/mol. The summed E-state index contributed by atoms with van der Waals surface area (Å²) in [5, 5.41) is 3.12. The van der Waals surface area contributed by atoms with Crippen LogP contribution in [0.4, 0.5) is 11.8 Å². The number of likely N-dealkylation sites (N-methyl/N-ethyl adjacent to an activating group) is 1. The molecule has 5 nitrogen and oxygen atoms in total. The smallest absolute Gasteiger partial charge is 0.224 e. The van der Waals surface area contributed by atoms with Crippen molar-refractivity contribution in [2.75, 3.05) is 30.4 Å². The molecule has 0 radical (unpaired) electrons. The van der Waals surface area contributed by atoms with Gasteiger partial charge in [-0.2, -0.15) is 4.98 Å². The molecule has 2 rings (SSSR count). The molecule has 0 aliphatic rings. The van der Waals surface area contributed by atoms with Crippen molar-refractivity contribution in [3.63, 3.8) is 0 Å². The van der Waals surface area contributed by atoms with Gasteiger partial charge in [-0.15, -0.1) is 0 Å². The lowest BCUT2D eigenvalue weighted by Crippen LogP contribution is -2.22. The van der Waals surface area contributed by atoms with Crippen LogP contribution in [-0.2, 0) is 6.42 Å². The lowest BCUT2D eigenvalue weighted by Gasteiger charge is -2.19. The monoisotopic (exact) mass is 335 g/mol. The van der Waals surface area contributed by atoms with Crippen molar-refractivity contribution in [2.45, 2.75) is 13.3 Å². The van der Waals surface area contributed by atoms with Gasteiger partial charge in [0, 0.05) is 44.6 Å². The zero-order valence-electron chi connectivity index (χ0n) is 11.7. The summed E-state index contributed by atoms with van der Waals surface area (Å²) in [6, 6.07) is 5.97. The van der Waals surface area contributed by atoms with Gasteiger partial charge in [0.2, 0.25) is 5.95 Å². The zero-order valence-corrected chi connectivity index (χ0v) is 13.3. The minimum absolute atomic E-state index is 0.649. The highest BCUT2D eigenvalue weighted by molar-refractivity contribution is 9.10. The summed E-state index contributed by atoms with van der Waals surface area (Å²) >= 11 is 3.50. The third-order valence-corrected chi connectivity index (χ3v) is 3.41. The Bertz CT molecular complexity index is 547. The van der Waals surface area contributed by atoms with E-state index in [-0.39, 0.29) is 0 Å². The van der Waals surface area contributed by atoms with Crippen LogP contribution in [0.25, 0.3) is 0 Å². The van der Waals surface area contributed by atoms with E-state index in [0.29, 0.717) is 5.95 Å². The van der Waals surface area contributed by atoms with Crippen molar-refractivity contribution in [2.24, 2.45) is 0 Å². The lowest BCUT2D eigenvalue weighted by atomic mass is 10.2. The lowest BCUT2D eigenvalue weighted by molar-refractivity contribution is 0.833. The number of aromatic nitrogens is 3. The third-order valence-electron chi connectivity index (χ3n) is 2.85. The molecular formula is C14H18BrN5. The van der Waals surface area contributed by atoms with Crippen LogP contribution in [0.1, 0.15) is 12.6 Å². The fourth-order valence-electron chi connectivity index (χ4n) is 1.80. The second-order valence-electron chi connectivity index (χ2n) is 4.39. The Morgan fingerprint density at radius 2 is 2.15 bits per heavy atom. The van der Waals surface area contributed by atoms with Gasteiger partial charge in [-0.05, 0) is 35.0 Å². The fourth-order valence-corrected chi connectivity index (χ4v) is 2.30. The molecule has 106 valence electrons. The summed E-state index contributed by atoms with van der Waals surface area (Å²) < 4.78 is 0.891. The minimum atomic E-state index is 0.649. The van der Waals surface area contributed by atoms with Gasteiger partial charge < -0.3 is 10.2 Å². The average molecular weight is 336 g/mol. The van der Waals surface area contributed by atoms with Crippen LogP contribution in [0, 0.1) is 0 Å². The number of anilines is 2. The Labute approximate surface area is 127 Å². The first-order valence-electron chi connectivity index (χ1n) is 6.58. The van der Waals surface area contributed by atoms with Crippen LogP contribution >= 0.6 is 15.9 Å². The van der Waals surface area contributed by atoms with Gasteiger partial charge in [-0.25, -0.2) is 4.98 Å². The summed E-state index contributed by atoms with van der Waals surface area (Å²) in [6.07, 6.45) is 4.47. The maximum atomic E-state index is 4.51. The number of nitrogens with zero attached hydrogens (tertiary/aromatic N) is 4. The SMILES string of the molecule is CCNc1ncc(Br)c(N(C)CCc2ccccn2)n1. The van der Waals surface area contributed by atoms with Crippen molar-refractivity contribution < 1.29 is 0 Å². The van der Waals surface area contributed by atoms with E-state index < -0.39 is 0 Å². The molecule has 0 saturated carbocycles. The Morgan fingerprint density at radius 3 is 2.85 bits per heavy atom. The van der Waals surface area contributed by atoms with Crippen LogP contribution in [0.2, 0.25) is 0 Å². The Balaban J connectivity index is 2.04. The predicted octanol–water partition coefficient (Wildman–Crippen LogP) is 2.74. The molecule has 20 heavy (non-hydrogen) atoms. The van der Waals surface area contributed by atoms with Gasteiger partial charge in [-0.3, -0.25) is 4.98 Å². The Kier molecular flexibility index (Phi) is 5.29. The highest BCUT2D eigenvalue weighted by Crippen LogP contribution is 2.23. The van der Waals surface area contributed by atoms with E-state index in [4.69, 9.17) is 0 Å². The largest absolute Gasteiger partial charge is 0.358 e. The molecule has 0 bridgehead atoms. The molecular weight excluding hydrogens is 318 g/mol. The molecule has 2 aromatic rings. The van der Waals surface area contributed by atoms with Crippen LogP contribution < -0.4 is 10.2 Å². The quantitative estimate of drug-likeness (QED) is 0.879. The van der Waals surface area contributed by atoms with Crippen LogP contribution in [0.3, 0.4) is 0 Å². The number of hydrogen-bond acceptors (Lipinski definition) is 5. The van der Waals surface area contributed by atoms with E-state index in [1.165, 1.54) is 0 Å². The fraction of sp³-hybridized carbons (Fsp3) is 0.357. The molecule has 2 heterocycles. The van der Waals surface area contributed by atoms with Gasteiger partial charge in [0.05, 0.1) is 4.47 Å². The van der Waals surface area contributed by atoms with Crippen molar-refractivity contribution >= 4 is 27.7 Å². The molecule has 0 atom stereocenters. The highest BCUT2D eigenvalue weighted by atomic mass is 79.9. The first-order chi connectivity index (χ1) is 9.70. The topological polar surface area (TPSA) is 53.9 Å². The summed E-state index contributed by atoms with van der Waals surface area (Å²) in [5.74, 6) is 1.53. The van der Waals surface area contributed by atoms with Gasteiger partial charge in [-0.1, -0.05) is 6.07 Å². The standard InChI is InChI=1S/C14H18BrN5/c1-3-16-14-18-10-12(15)13(19-14)20(2)9-7-11-6-4-5-8-17-11/h4-6,8,10H,3,7,9H2,1-2H3,(H,16,18,19). The number of rotatable bonds is 6. The second-order valence-corrected chi connectivity index (χ2v) is 5.24. The van der Waals surface area contributed by atoms with E-state index in [1.807, 2.05) is 38.4 Å². The molecule has 0 fully saturated rings. The summed E-state index contributed by atoms with van der Waals surface area (Å²) in [4.78, 5) is 15.2. The van der Waals surface area contributed by atoms with Gasteiger partial charge in [0.1, 0.15) is 5.82 Å². The number of hydrogen-bond donors (Lipinski definition) is 1. The van der Waals surface area contributed by atoms with E-state index in [2.05, 4.69) is 41.1 Å². The highest BCUT2D eigenvalue weighted by Gasteiger charge is 2.10. The van der Waals surface area contributed by atoms with E-state index in [0.717, 1.165) is 35.5 Å². The first kappa shape index (κ1) is 14.7. The molecule has 0 aromatic carbocycles. The summed E-state index contributed by atoms with van der Waals surface area (Å²) in [7, 11) is 2.02. The molecule has 2 aromatic heterocycles. The van der Waals surface area contributed by atoms with Gasteiger partial charge in [0.25, 0.3) is 0 Å². The summed E-state index contributed by atoms with van der Waals surface area (Å²) in [6.45, 7) is 3.67. The van der Waals surface area contributed by atoms with Gasteiger partial charge >= 0.3 is 0 Å². The molecule has 0 unspecified atom stereocenters. The summed E-state index contributed by atoms with van der Waals surface area (Å²) in [5.41, 5.74) is 1.08. The van der Waals surface area contributed by atoms with E-state index in [1.54, 1.807) is 6.20 Å². The number of halogens is 1. The van der Waals surface area contributed by atoms with Crippen molar-refractivity contribution in [3.05, 3.63) is 40.8 Å². The van der Waals surface area contributed by atoms with Crippen molar-refractivity contribution in [3.8, 4) is 0 Å². The molecule has 0 saturated heterocycles. The van der Waals surface area contributed by atoms with Crippen molar-refractivity contribution in [1.82, 2.24) is 15.0 Å². The minimum Gasteiger partial charge on any atom is -0.358 e. The number of pyridine rings is 1. The Morgan fingerprint density at radius 1 is 1.30 bits per heavy atom. The Hall–Kier alpha value is -1.69. The first-order valence-corrected chi connectivity index (χ1v) is 7.37. The third kappa shape index (κ3) is 3.90. The van der Waals surface area contributed by atoms with Crippen LogP contribution in [0.15, 0.2) is 35.1 Å². The maximum absolute atomic E-state index is 4.51. The second kappa shape index (κ2) is 7.19. The zero-order chi connectivity index (χ0) is 14.4. The average Bonchev–Trinajstić information content (AvgIpc) is 2.48. The molecule has 1 N–H and O–H groups in total. The molecule has 0 amide bonds. The van der Waals surface area contributed by atoms with E-state index in [9.17, 15) is 0 Å². The molecule has 0 spiro atoms. The van der Waals surface area contributed by atoms with E-state index >= 15 is 0 Å². The van der Waals surface area contributed by atoms with Crippen LogP contribution in [0.5, 0.6) is 0 Å². The van der Waals surface area contributed by atoms with Crippen molar-refractivity contribution in [1.29, 1.82) is 0 Å². The molecule has 0 aliphatic heterocycles. The van der Waals surface area contributed by atoms with Crippen LogP contribution in [-0.4, -0.2) is 35.1 Å². The maximum Gasteiger partial charge on any atom is 0.224 e. The molecule has 6 heteroatoms.